The van der Waals surface area contributed by atoms with E-state index in [9.17, 15) is 20.3 Å². The lowest BCUT2D eigenvalue weighted by Crippen LogP contribution is -2.42. The molecule has 0 aliphatic carbocycles. The molecule has 1 aromatic heterocycles. The molecule has 122 valence electrons. The number of rotatable bonds is 4. The van der Waals surface area contributed by atoms with Crippen LogP contribution < -0.4 is 11.0 Å². The maximum Gasteiger partial charge on any atom is 0.274 e. The average Bonchev–Trinajstić information content (AvgIpc) is 2.78. The van der Waals surface area contributed by atoms with Gasteiger partial charge < -0.3 is 14.9 Å². The molecule has 0 saturated carbocycles. The Morgan fingerprint density at radius 2 is 2.43 bits per heavy atom. The van der Waals surface area contributed by atoms with Gasteiger partial charge in [0.05, 0.1) is 12.7 Å². The highest BCUT2D eigenvalue weighted by Crippen LogP contribution is 2.47. The lowest BCUT2D eigenvalue weighted by atomic mass is 9.91. The number of nitrogens with one attached hydrogen (secondary N) is 1. The fraction of sp³-hybridized carbons (Fsp3) is 0.545. The van der Waals surface area contributed by atoms with Gasteiger partial charge in [0.1, 0.15) is 6.07 Å². The fourth-order valence-corrected chi connectivity index (χ4v) is 2.54. The van der Waals surface area contributed by atoms with Crippen molar-refractivity contribution in [1.29, 1.82) is 5.26 Å². The largest absolute Gasteiger partial charge is 0.393 e. The molecule has 4 atom stereocenters. The summed E-state index contributed by atoms with van der Waals surface area (Å²) in [5.41, 5.74) is 5.51. The van der Waals surface area contributed by atoms with Crippen LogP contribution in [-0.4, -0.2) is 43.4 Å². The van der Waals surface area contributed by atoms with Gasteiger partial charge in [0, 0.05) is 23.1 Å². The molecule has 1 aliphatic rings. The third-order valence-electron chi connectivity index (χ3n) is 3.75. The van der Waals surface area contributed by atoms with Crippen molar-refractivity contribution >= 4 is 5.95 Å². The lowest BCUT2D eigenvalue weighted by Gasteiger charge is -2.30. The summed E-state index contributed by atoms with van der Waals surface area (Å²) in [5, 5.41) is 41.8. The highest BCUT2D eigenvalue weighted by atomic mass is 16.6. The molecule has 1 aromatic rings. The van der Waals surface area contributed by atoms with Crippen molar-refractivity contribution in [2.45, 2.75) is 24.5 Å². The fourth-order valence-electron chi connectivity index (χ4n) is 2.54. The SMILES string of the molecule is C[C@@H]1[C@H](O)[C@](CO)(N=[N+]=[N-])O[C@@]1(C#N)n1ccc(=O)nc1NO. The number of aliphatic hydroxyl groups is 2. The smallest absolute Gasteiger partial charge is 0.274 e. The first-order valence-electron chi connectivity index (χ1n) is 6.37. The predicted octanol–water partition coefficient (Wildman–Crippen LogP) is -0.753. The molecule has 0 unspecified atom stereocenters. The number of hydrogen-bond acceptors (Lipinski definition) is 9. The molecule has 0 amide bonds. The molecular weight excluding hydrogens is 310 g/mol. The second-order valence-corrected chi connectivity index (χ2v) is 4.91. The van der Waals surface area contributed by atoms with E-state index in [0.717, 1.165) is 16.8 Å². The van der Waals surface area contributed by atoms with E-state index in [-0.39, 0.29) is 0 Å². The summed E-state index contributed by atoms with van der Waals surface area (Å²) >= 11 is 0. The van der Waals surface area contributed by atoms with E-state index < -0.39 is 41.6 Å². The molecule has 1 saturated heterocycles. The molecule has 0 bridgehead atoms. The summed E-state index contributed by atoms with van der Waals surface area (Å²) in [6, 6.07) is 2.82. The molecule has 0 aromatic carbocycles. The van der Waals surface area contributed by atoms with Crippen LogP contribution in [-0.2, 0) is 10.5 Å². The molecule has 0 spiro atoms. The molecule has 12 nitrogen and oxygen atoms in total. The van der Waals surface area contributed by atoms with Gasteiger partial charge in [0.15, 0.2) is 5.72 Å². The molecule has 1 fully saturated rings. The van der Waals surface area contributed by atoms with E-state index in [0.29, 0.717) is 0 Å². The van der Waals surface area contributed by atoms with Crippen LogP contribution >= 0.6 is 0 Å². The Bertz CT molecular complexity index is 754. The van der Waals surface area contributed by atoms with Crippen LogP contribution in [0.1, 0.15) is 6.92 Å². The van der Waals surface area contributed by atoms with E-state index in [1.807, 2.05) is 6.07 Å². The molecule has 1 aliphatic heterocycles. The van der Waals surface area contributed by atoms with Crippen LogP contribution in [0.5, 0.6) is 0 Å². The van der Waals surface area contributed by atoms with E-state index in [1.165, 1.54) is 6.92 Å². The van der Waals surface area contributed by atoms with Crippen LogP contribution in [0.3, 0.4) is 0 Å². The highest BCUT2D eigenvalue weighted by molar-refractivity contribution is 5.28. The van der Waals surface area contributed by atoms with E-state index in [2.05, 4.69) is 15.0 Å². The van der Waals surface area contributed by atoms with E-state index >= 15 is 0 Å². The van der Waals surface area contributed by atoms with Gasteiger partial charge >= 0.3 is 0 Å². The molecule has 0 radical (unpaired) electrons. The number of hydrogen-bond donors (Lipinski definition) is 4. The number of ether oxygens (including phenoxy) is 1. The van der Waals surface area contributed by atoms with Crippen molar-refractivity contribution in [3.05, 3.63) is 33.1 Å². The zero-order chi connectivity index (χ0) is 17.3. The number of anilines is 1. The normalized spacial score (nSPS) is 32.8. The summed E-state index contributed by atoms with van der Waals surface area (Å²) in [4.78, 5) is 17.3. The second kappa shape index (κ2) is 5.84. The van der Waals surface area contributed by atoms with Gasteiger partial charge in [-0.05, 0) is 5.53 Å². The third kappa shape index (κ3) is 2.29. The first-order valence-corrected chi connectivity index (χ1v) is 6.37. The summed E-state index contributed by atoms with van der Waals surface area (Å²) in [5.74, 6) is -1.44. The van der Waals surface area contributed by atoms with Crippen molar-refractivity contribution in [2.24, 2.45) is 11.0 Å². The first-order chi connectivity index (χ1) is 10.9. The van der Waals surface area contributed by atoms with Crippen molar-refractivity contribution < 1.29 is 20.2 Å². The molecule has 4 N–H and O–H groups in total. The Balaban J connectivity index is 2.70. The maximum absolute atomic E-state index is 11.3. The first kappa shape index (κ1) is 16.7. The molecule has 23 heavy (non-hydrogen) atoms. The van der Waals surface area contributed by atoms with Crippen LogP contribution in [0.4, 0.5) is 5.95 Å². The number of aromatic nitrogens is 2. The number of aliphatic hydroxyl groups excluding tert-OH is 2. The topological polar surface area (TPSA) is 189 Å². The van der Waals surface area contributed by atoms with Crippen LogP contribution in [0.25, 0.3) is 10.4 Å². The number of nitrogens with zero attached hydrogens (tertiary/aromatic N) is 6. The second-order valence-electron chi connectivity index (χ2n) is 4.91. The summed E-state index contributed by atoms with van der Waals surface area (Å²) < 4.78 is 6.42. The number of azide groups is 1. The van der Waals surface area contributed by atoms with Gasteiger partial charge in [0.2, 0.25) is 11.7 Å². The Hall–Kier alpha value is -2.68. The Morgan fingerprint density at radius 3 is 2.96 bits per heavy atom. The van der Waals surface area contributed by atoms with Crippen LogP contribution in [0, 0.1) is 17.2 Å². The van der Waals surface area contributed by atoms with Gasteiger partial charge in [-0.25, -0.2) is 5.48 Å². The minimum atomic E-state index is -2.10. The molecule has 12 heteroatoms. The Morgan fingerprint density at radius 1 is 1.74 bits per heavy atom. The molecular formula is C11H13N7O5. The van der Waals surface area contributed by atoms with Gasteiger partial charge in [-0.1, -0.05) is 12.0 Å². The van der Waals surface area contributed by atoms with Crippen molar-refractivity contribution in [2.75, 3.05) is 12.1 Å². The maximum atomic E-state index is 11.3. The Labute approximate surface area is 128 Å². The average molecular weight is 323 g/mol. The van der Waals surface area contributed by atoms with E-state index in [1.54, 1.807) is 5.48 Å². The lowest BCUT2D eigenvalue weighted by molar-refractivity contribution is -0.153. The summed E-state index contributed by atoms with van der Waals surface area (Å²) in [7, 11) is 0. The zero-order valence-corrected chi connectivity index (χ0v) is 11.9. The minimum Gasteiger partial charge on any atom is -0.393 e. The quantitative estimate of drug-likeness (QED) is 0.240. The summed E-state index contributed by atoms with van der Waals surface area (Å²) in [6.45, 7) is 0.527. The molecule has 2 heterocycles. The van der Waals surface area contributed by atoms with Crippen molar-refractivity contribution in [3.63, 3.8) is 0 Å². The van der Waals surface area contributed by atoms with E-state index in [4.69, 9.17) is 15.5 Å². The third-order valence-corrected chi connectivity index (χ3v) is 3.75. The van der Waals surface area contributed by atoms with Crippen LogP contribution in [0.2, 0.25) is 0 Å². The number of nitriles is 1. The summed E-state index contributed by atoms with van der Waals surface area (Å²) in [6.07, 6.45) is -0.418. The zero-order valence-electron chi connectivity index (χ0n) is 11.9. The van der Waals surface area contributed by atoms with Crippen molar-refractivity contribution in [3.8, 4) is 6.07 Å². The Kier molecular flexibility index (Phi) is 4.24. The van der Waals surface area contributed by atoms with Crippen molar-refractivity contribution in [1.82, 2.24) is 9.55 Å². The predicted molar refractivity (Wildman–Crippen MR) is 72.7 cm³/mol. The van der Waals surface area contributed by atoms with Gasteiger partial charge in [-0.15, -0.1) is 0 Å². The standard InChI is InChI=1S/C11H13N7O5/c1-6-8(21)10(5-19,16-17-13)23-11(6,4-12)18-3-2-7(20)14-9(18)15-22/h2-3,6,8,19,21-22H,5H2,1H3,(H,14,15,20)/t6-,8+,10-,11-/m1/s1. The van der Waals surface area contributed by atoms with Crippen LogP contribution in [0.15, 0.2) is 22.2 Å². The van der Waals surface area contributed by atoms with Gasteiger partial charge in [-0.2, -0.15) is 10.2 Å². The van der Waals surface area contributed by atoms with Gasteiger partial charge in [0.25, 0.3) is 5.56 Å². The monoisotopic (exact) mass is 323 g/mol. The molecule has 2 rings (SSSR count). The minimum absolute atomic E-state index is 0.423. The highest BCUT2D eigenvalue weighted by Gasteiger charge is 2.62. The van der Waals surface area contributed by atoms with Gasteiger partial charge in [-0.3, -0.25) is 14.6 Å².